The van der Waals surface area contributed by atoms with Crippen molar-refractivity contribution >= 4 is 21.8 Å². The van der Waals surface area contributed by atoms with Crippen LogP contribution in [0.4, 0.5) is 0 Å². The lowest BCUT2D eigenvalue weighted by Crippen LogP contribution is -2.43. The number of carbonyl (C=O) groups is 2. The first-order chi connectivity index (χ1) is 11.2. The molecule has 1 heterocycles. The van der Waals surface area contributed by atoms with E-state index >= 15 is 0 Å². The Balaban J connectivity index is 1.97. The van der Waals surface area contributed by atoms with Gasteiger partial charge in [0, 0.05) is 6.04 Å². The number of carbonyl (C=O) groups excluding carboxylic acids is 2. The lowest BCUT2D eigenvalue weighted by Gasteiger charge is -2.18. The van der Waals surface area contributed by atoms with Crippen molar-refractivity contribution in [2.24, 2.45) is 5.92 Å². The van der Waals surface area contributed by atoms with Gasteiger partial charge in [0.05, 0.1) is 5.56 Å². The number of benzene rings is 1. The first-order valence-electron chi connectivity index (χ1n) is 8.19. The molecule has 1 aliphatic rings. The van der Waals surface area contributed by atoms with Crippen LogP contribution in [0.1, 0.15) is 50.4 Å². The fraction of sp³-hybridized carbons (Fsp3) is 0.529. The Hall–Kier alpha value is -1.89. The molecule has 2 amide bonds. The summed E-state index contributed by atoms with van der Waals surface area (Å²) in [5.74, 6) is -0.497. The Morgan fingerprint density at radius 2 is 1.83 bits per heavy atom. The van der Waals surface area contributed by atoms with E-state index in [0.717, 1.165) is 19.3 Å². The third-order valence-corrected chi connectivity index (χ3v) is 5.81. The number of nitrogens with zero attached hydrogens (tertiary/aromatic N) is 1. The van der Waals surface area contributed by atoms with Crippen LogP contribution in [0.15, 0.2) is 29.2 Å². The average Bonchev–Trinajstić information content (AvgIpc) is 2.68. The van der Waals surface area contributed by atoms with Crippen molar-refractivity contribution in [2.75, 3.05) is 6.54 Å². The van der Waals surface area contributed by atoms with E-state index in [1.54, 1.807) is 12.1 Å². The van der Waals surface area contributed by atoms with Crippen LogP contribution in [0.25, 0.3) is 0 Å². The van der Waals surface area contributed by atoms with Crippen molar-refractivity contribution in [1.82, 2.24) is 9.62 Å². The Kier molecular flexibility index (Phi) is 5.64. The second-order valence-electron chi connectivity index (χ2n) is 6.61. The lowest BCUT2D eigenvalue weighted by molar-refractivity contribution is -0.121. The highest BCUT2D eigenvalue weighted by Crippen LogP contribution is 2.29. The lowest BCUT2D eigenvalue weighted by atomic mass is 10.0. The predicted molar refractivity (Wildman–Crippen MR) is 91.0 cm³/mol. The quantitative estimate of drug-likeness (QED) is 0.815. The molecule has 0 saturated heterocycles. The van der Waals surface area contributed by atoms with Crippen molar-refractivity contribution in [3.05, 3.63) is 29.8 Å². The molecule has 7 heteroatoms. The molecular weight excluding hydrogens is 328 g/mol. The van der Waals surface area contributed by atoms with Gasteiger partial charge >= 0.3 is 0 Å². The number of hydrogen-bond acceptors (Lipinski definition) is 4. The molecule has 0 saturated carbocycles. The highest BCUT2D eigenvalue weighted by atomic mass is 32.2. The molecule has 1 aromatic rings. The molecule has 0 fully saturated rings. The second-order valence-corrected chi connectivity index (χ2v) is 8.44. The number of nitrogens with one attached hydrogen (secondary N) is 1. The molecule has 0 aromatic heterocycles. The number of amides is 2. The number of fused-ring (bicyclic) bond motifs is 1. The summed E-state index contributed by atoms with van der Waals surface area (Å²) >= 11 is 0. The third-order valence-electron chi connectivity index (χ3n) is 4.03. The van der Waals surface area contributed by atoms with Gasteiger partial charge in [-0.3, -0.25) is 9.59 Å². The summed E-state index contributed by atoms with van der Waals surface area (Å²) < 4.78 is 25.4. The standard InChI is InChI=1S/C17H24N2O4S/c1-12(2)7-6-8-13(3)18-16(20)11-19-17(21)14-9-4-5-10-15(14)24(19,22)23/h4-5,9-10,12-13H,6-8,11H2,1-3H3,(H,18,20)/t13-/m0/s1. The number of rotatable bonds is 7. The molecule has 0 radical (unpaired) electrons. The molecule has 0 aliphatic carbocycles. The molecule has 1 atom stereocenters. The fourth-order valence-electron chi connectivity index (χ4n) is 2.74. The topological polar surface area (TPSA) is 83.6 Å². The summed E-state index contributed by atoms with van der Waals surface area (Å²) in [5, 5.41) is 2.77. The Bertz CT molecular complexity index is 728. The van der Waals surface area contributed by atoms with E-state index in [9.17, 15) is 18.0 Å². The van der Waals surface area contributed by atoms with E-state index in [2.05, 4.69) is 19.2 Å². The van der Waals surface area contributed by atoms with E-state index < -0.39 is 28.4 Å². The van der Waals surface area contributed by atoms with Crippen molar-refractivity contribution < 1.29 is 18.0 Å². The van der Waals surface area contributed by atoms with E-state index in [4.69, 9.17) is 0 Å². The second kappa shape index (κ2) is 7.34. The van der Waals surface area contributed by atoms with Gasteiger partial charge in [0.2, 0.25) is 5.91 Å². The van der Waals surface area contributed by atoms with Crippen LogP contribution >= 0.6 is 0 Å². The zero-order valence-corrected chi connectivity index (χ0v) is 15.1. The van der Waals surface area contributed by atoms with Crippen LogP contribution in [0.2, 0.25) is 0 Å². The molecule has 0 spiro atoms. The summed E-state index contributed by atoms with van der Waals surface area (Å²) in [5.41, 5.74) is 0.121. The fourth-order valence-corrected chi connectivity index (χ4v) is 4.27. The van der Waals surface area contributed by atoms with Crippen LogP contribution in [0.5, 0.6) is 0 Å². The number of sulfonamides is 1. The zero-order valence-electron chi connectivity index (χ0n) is 14.3. The molecule has 1 aliphatic heterocycles. The molecular formula is C17H24N2O4S. The van der Waals surface area contributed by atoms with Gasteiger partial charge in [0.1, 0.15) is 11.4 Å². The maximum atomic E-state index is 12.4. The Morgan fingerprint density at radius 1 is 1.17 bits per heavy atom. The summed E-state index contributed by atoms with van der Waals surface area (Å²) in [6.45, 7) is 5.69. The zero-order chi connectivity index (χ0) is 17.9. The van der Waals surface area contributed by atoms with E-state index in [1.165, 1.54) is 12.1 Å². The van der Waals surface area contributed by atoms with Crippen molar-refractivity contribution in [2.45, 2.75) is 51.0 Å². The predicted octanol–water partition coefficient (Wildman–Crippen LogP) is 2.16. The van der Waals surface area contributed by atoms with Gasteiger partial charge in [-0.1, -0.05) is 38.8 Å². The molecule has 2 rings (SSSR count). The van der Waals surface area contributed by atoms with E-state index in [0.29, 0.717) is 10.2 Å². The van der Waals surface area contributed by atoms with Gasteiger partial charge in [-0.2, -0.15) is 0 Å². The largest absolute Gasteiger partial charge is 0.352 e. The summed E-state index contributed by atoms with van der Waals surface area (Å²) in [6.07, 6.45) is 2.89. The average molecular weight is 352 g/mol. The molecule has 0 bridgehead atoms. The van der Waals surface area contributed by atoms with Crippen molar-refractivity contribution in [3.8, 4) is 0 Å². The molecule has 6 nitrogen and oxygen atoms in total. The minimum absolute atomic E-state index is 0.0345. The third kappa shape index (κ3) is 3.95. The Labute approximate surface area is 143 Å². The van der Waals surface area contributed by atoms with E-state index in [-0.39, 0.29) is 16.5 Å². The van der Waals surface area contributed by atoms with Crippen LogP contribution < -0.4 is 5.32 Å². The summed E-state index contributed by atoms with van der Waals surface area (Å²) in [6, 6.07) is 5.95. The highest BCUT2D eigenvalue weighted by Gasteiger charge is 2.41. The van der Waals surface area contributed by atoms with Crippen LogP contribution in [-0.2, 0) is 14.8 Å². The number of hydrogen-bond donors (Lipinski definition) is 1. The molecule has 1 aromatic carbocycles. The smallest absolute Gasteiger partial charge is 0.269 e. The minimum Gasteiger partial charge on any atom is -0.352 e. The SMILES string of the molecule is CC(C)CCC[C@H](C)NC(=O)CN1C(=O)c2ccccc2S1(=O)=O. The van der Waals surface area contributed by atoms with Crippen molar-refractivity contribution in [3.63, 3.8) is 0 Å². The maximum Gasteiger partial charge on any atom is 0.269 e. The van der Waals surface area contributed by atoms with Crippen molar-refractivity contribution in [1.29, 1.82) is 0 Å². The van der Waals surface area contributed by atoms with Gasteiger partial charge in [-0.25, -0.2) is 12.7 Å². The monoisotopic (exact) mass is 352 g/mol. The van der Waals surface area contributed by atoms with Gasteiger partial charge in [0.15, 0.2) is 0 Å². The van der Waals surface area contributed by atoms with E-state index in [1.807, 2.05) is 6.92 Å². The summed E-state index contributed by atoms with van der Waals surface area (Å²) in [7, 11) is -3.93. The van der Waals surface area contributed by atoms with Crippen LogP contribution in [-0.4, -0.2) is 37.1 Å². The van der Waals surface area contributed by atoms with Gasteiger partial charge in [-0.15, -0.1) is 0 Å². The molecule has 1 N–H and O–H groups in total. The highest BCUT2D eigenvalue weighted by molar-refractivity contribution is 7.90. The minimum atomic E-state index is -3.93. The normalized spacial score (nSPS) is 17.0. The summed E-state index contributed by atoms with van der Waals surface area (Å²) in [4.78, 5) is 24.3. The molecule has 0 unspecified atom stereocenters. The maximum absolute atomic E-state index is 12.4. The van der Waals surface area contributed by atoms with Crippen LogP contribution in [0, 0.1) is 5.92 Å². The van der Waals surface area contributed by atoms with Gasteiger partial charge < -0.3 is 5.32 Å². The first kappa shape index (κ1) is 18.4. The molecule has 24 heavy (non-hydrogen) atoms. The Morgan fingerprint density at radius 3 is 2.46 bits per heavy atom. The van der Waals surface area contributed by atoms with Gasteiger partial charge in [0.25, 0.3) is 15.9 Å². The molecule has 132 valence electrons. The van der Waals surface area contributed by atoms with Crippen LogP contribution in [0.3, 0.4) is 0 Å². The first-order valence-corrected chi connectivity index (χ1v) is 9.63. The van der Waals surface area contributed by atoms with Gasteiger partial charge in [-0.05, 0) is 31.4 Å².